The van der Waals surface area contributed by atoms with Gasteiger partial charge in [-0.1, -0.05) is 29.8 Å². The van der Waals surface area contributed by atoms with Crippen molar-refractivity contribution < 1.29 is 0 Å². The first-order valence-corrected chi connectivity index (χ1v) is 3.43. The summed E-state index contributed by atoms with van der Waals surface area (Å²) >= 11 is 0. The average molecular weight is 133 g/mol. The topological polar surface area (TPSA) is 23.8 Å². The molecule has 0 spiro atoms. The third kappa shape index (κ3) is 1.44. The van der Waals surface area contributed by atoms with Crippen molar-refractivity contribution in [2.24, 2.45) is 0 Å². The lowest BCUT2D eigenvalue weighted by Crippen LogP contribution is -1.80. The first-order chi connectivity index (χ1) is 4.84. The second kappa shape index (κ2) is 3.16. The molecule has 10 heavy (non-hydrogen) atoms. The Morgan fingerprint density at radius 1 is 1.30 bits per heavy atom. The first-order valence-electron chi connectivity index (χ1n) is 3.43. The van der Waals surface area contributed by atoms with Crippen molar-refractivity contribution in [3.05, 3.63) is 42.5 Å². The Morgan fingerprint density at radius 3 is 2.60 bits per heavy atom. The van der Waals surface area contributed by atoms with Crippen LogP contribution in [0.3, 0.4) is 0 Å². The van der Waals surface area contributed by atoms with Crippen molar-refractivity contribution in [3.63, 3.8) is 0 Å². The average Bonchev–Trinajstić information content (AvgIpc) is 1.94. The lowest BCUT2D eigenvalue weighted by Gasteiger charge is -2.07. The largest absolute Gasteiger partial charge is 0.698 e. The number of hydrogen-bond donors (Lipinski definition) is 0. The van der Waals surface area contributed by atoms with E-state index in [0.717, 1.165) is 18.4 Å². The monoisotopic (exact) mass is 133 g/mol. The third-order valence-corrected chi connectivity index (χ3v) is 1.46. The zero-order valence-corrected chi connectivity index (χ0v) is 5.93. The van der Waals surface area contributed by atoms with Crippen LogP contribution in [0, 0.1) is 6.92 Å². The summed E-state index contributed by atoms with van der Waals surface area (Å²) in [4.78, 5) is 0. The minimum absolute atomic E-state index is 0.631. The summed E-state index contributed by atoms with van der Waals surface area (Å²) < 4.78 is 0. The van der Waals surface area contributed by atoms with Gasteiger partial charge in [-0.2, -0.15) is 0 Å². The number of aryl methyl sites for hydroxylation is 1. The molecule has 1 aromatic carbocycles. The van der Waals surface area contributed by atoms with Gasteiger partial charge in [-0.25, -0.2) is 0 Å². The van der Waals surface area contributed by atoms with Crippen LogP contribution in [0.4, 0.5) is 5.69 Å². The van der Waals surface area contributed by atoms with E-state index < -0.39 is 0 Å². The van der Waals surface area contributed by atoms with Gasteiger partial charge in [-0.3, -0.25) is 0 Å². The summed E-state index contributed by atoms with van der Waals surface area (Å²) in [7, 11) is 0. The van der Waals surface area contributed by atoms with Gasteiger partial charge in [0.25, 0.3) is 0 Å². The minimum atomic E-state index is 0.631. The molecule has 0 fully saturated rings. The Balaban J connectivity index is 2.81. The molecule has 0 unspecified atom stereocenters. The smallest absolute Gasteiger partial charge is 0.0890 e. The quantitative estimate of drug-likeness (QED) is 0.553. The fourth-order valence-corrected chi connectivity index (χ4v) is 0.929. The number of rotatable bonds is 2. The maximum Gasteiger partial charge on any atom is 0.0890 e. The van der Waals surface area contributed by atoms with Crippen molar-refractivity contribution >= 4 is 5.69 Å². The minimum Gasteiger partial charge on any atom is -0.698 e. The van der Waals surface area contributed by atoms with Gasteiger partial charge in [0.1, 0.15) is 0 Å². The Hall–Kier alpha value is -1.11. The molecule has 1 nitrogen and oxygen atoms in total. The molecule has 0 radical (unpaired) electrons. The third-order valence-electron chi connectivity index (χ3n) is 1.46. The van der Waals surface area contributed by atoms with Gasteiger partial charge < -0.3 is 5.73 Å². The maximum absolute atomic E-state index is 7.45. The van der Waals surface area contributed by atoms with Gasteiger partial charge in [0, 0.05) is 6.42 Å². The van der Waals surface area contributed by atoms with Crippen molar-refractivity contribution in [1.29, 1.82) is 0 Å². The van der Waals surface area contributed by atoms with E-state index >= 15 is 0 Å². The van der Waals surface area contributed by atoms with E-state index in [4.69, 9.17) is 5.73 Å². The number of benzene rings is 1. The molecule has 1 rings (SSSR count). The van der Waals surface area contributed by atoms with E-state index in [1.54, 1.807) is 0 Å². The summed E-state index contributed by atoms with van der Waals surface area (Å²) in [5.74, 6) is 0. The Labute approximate surface area is 61.9 Å². The fraction of sp³-hybridized carbons (Fsp3) is 0.222. The highest BCUT2D eigenvalue weighted by molar-refractivity contribution is 5.50. The van der Waals surface area contributed by atoms with Gasteiger partial charge >= 0.3 is 0 Å². The molecule has 0 aliphatic carbocycles. The highest BCUT2D eigenvalue weighted by Crippen LogP contribution is 2.17. The molecule has 1 aromatic rings. The van der Waals surface area contributed by atoms with Crippen LogP contribution in [0.2, 0.25) is 0 Å². The van der Waals surface area contributed by atoms with Crippen molar-refractivity contribution in [2.45, 2.75) is 12.8 Å². The Bertz CT molecular complexity index is 206. The van der Waals surface area contributed by atoms with E-state index in [2.05, 4.69) is 6.92 Å². The van der Waals surface area contributed by atoms with Gasteiger partial charge in [-0.15, -0.1) is 5.69 Å². The van der Waals surface area contributed by atoms with Crippen LogP contribution >= 0.6 is 0 Å². The predicted molar refractivity (Wildman–Crippen MR) is 44.1 cm³/mol. The highest BCUT2D eigenvalue weighted by atomic mass is 14.6. The van der Waals surface area contributed by atoms with Crippen molar-refractivity contribution in [1.82, 2.24) is 0 Å². The summed E-state index contributed by atoms with van der Waals surface area (Å²) in [6, 6.07) is 7.64. The molecular weight excluding hydrogens is 122 g/mol. The van der Waals surface area contributed by atoms with E-state index in [1.807, 2.05) is 24.3 Å². The van der Waals surface area contributed by atoms with Gasteiger partial charge in [0.2, 0.25) is 0 Å². The molecule has 1 N–H and O–H groups in total. The second-order valence-electron chi connectivity index (χ2n) is 2.26. The maximum atomic E-state index is 7.45. The molecule has 0 saturated carbocycles. The van der Waals surface area contributed by atoms with Crippen LogP contribution in [-0.2, 0) is 6.42 Å². The summed E-state index contributed by atoms with van der Waals surface area (Å²) in [5, 5.41) is 0. The van der Waals surface area contributed by atoms with E-state index in [9.17, 15) is 0 Å². The summed E-state index contributed by atoms with van der Waals surface area (Å²) in [6.07, 6.45) is 1.79. The van der Waals surface area contributed by atoms with E-state index in [1.165, 1.54) is 0 Å². The molecule has 0 heterocycles. The molecule has 52 valence electrons. The molecule has 1 heteroatoms. The molecule has 0 aromatic heterocycles. The standard InChI is InChI=1S/C9H11N/c1-2-5-8-6-3-4-7-9(8)10/h3-4,6-7,10H,1-2,5H2. The highest BCUT2D eigenvalue weighted by Gasteiger charge is 1.90. The van der Waals surface area contributed by atoms with Crippen LogP contribution in [0.25, 0.3) is 5.73 Å². The summed E-state index contributed by atoms with van der Waals surface area (Å²) in [6.45, 7) is 3.74. The van der Waals surface area contributed by atoms with Crippen LogP contribution in [-0.4, -0.2) is 0 Å². The normalized spacial score (nSPS) is 9.60. The first kappa shape index (κ1) is 7.00. The Kier molecular flexibility index (Phi) is 2.21. The molecule has 0 atom stereocenters. The van der Waals surface area contributed by atoms with E-state index in [-0.39, 0.29) is 0 Å². The summed E-state index contributed by atoms with van der Waals surface area (Å²) in [5.41, 5.74) is 9.17. The molecule has 0 bridgehead atoms. The van der Waals surface area contributed by atoms with Crippen LogP contribution in [0.5, 0.6) is 0 Å². The lowest BCUT2D eigenvalue weighted by molar-refractivity contribution is 1.00. The van der Waals surface area contributed by atoms with Crippen LogP contribution < -0.4 is 0 Å². The molecule has 0 aliphatic heterocycles. The van der Waals surface area contributed by atoms with Crippen molar-refractivity contribution in [3.8, 4) is 0 Å². The second-order valence-corrected chi connectivity index (χ2v) is 2.26. The molecule has 0 saturated heterocycles. The van der Waals surface area contributed by atoms with Gasteiger partial charge in [-0.05, 0) is 0 Å². The molecule has 0 aliphatic rings. The zero-order valence-electron chi connectivity index (χ0n) is 5.93. The Morgan fingerprint density at radius 2 is 2.00 bits per heavy atom. The van der Waals surface area contributed by atoms with Gasteiger partial charge in [0.15, 0.2) is 0 Å². The molecule has 0 amide bonds. The van der Waals surface area contributed by atoms with Crippen molar-refractivity contribution in [2.75, 3.05) is 0 Å². The van der Waals surface area contributed by atoms with Crippen LogP contribution in [0.1, 0.15) is 12.0 Å². The molecular formula is C9H11N. The van der Waals surface area contributed by atoms with Gasteiger partial charge in [0.05, 0.1) is 13.3 Å². The predicted octanol–water partition coefficient (Wildman–Crippen LogP) is 3.14. The SMILES string of the molecule is [CH2+]CCc1ccccc1[NH-]. The van der Waals surface area contributed by atoms with E-state index in [0.29, 0.717) is 5.69 Å². The number of nitrogens with one attached hydrogen (secondary N) is 1. The fourth-order valence-electron chi connectivity index (χ4n) is 0.929. The number of hydrogen-bond acceptors (Lipinski definition) is 0. The lowest BCUT2D eigenvalue weighted by atomic mass is 10.1. The van der Waals surface area contributed by atoms with Crippen LogP contribution in [0.15, 0.2) is 24.3 Å². The zero-order chi connectivity index (χ0) is 7.40.